The van der Waals surface area contributed by atoms with Crippen molar-refractivity contribution >= 4 is 17.3 Å². The summed E-state index contributed by atoms with van der Waals surface area (Å²) in [4.78, 5) is 20.7. The lowest BCUT2D eigenvalue weighted by Crippen LogP contribution is -2.25. The lowest BCUT2D eigenvalue weighted by atomic mass is 9.82. The van der Waals surface area contributed by atoms with Crippen LogP contribution in [0.1, 0.15) is 25.7 Å². The number of halogens is 1. The molecule has 0 radical (unpaired) electrons. The van der Waals surface area contributed by atoms with Gasteiger partial charge in [-0.05, 0) is 37.7 Å². The molecule has 0 bridgehead atoms. The Morgan fingerprint density at radius 3 is 2.57 bits per heavy atom. The van der Waals surface area contributed by atoms with Crippen LogP contribution in [0, 0.1) is 27.8 Å². The van der Waals surface area contributed by atoms with Crippen LogP contribution < -0.4 is 5.32 Å². The summed E-state index contributed by atoms with van der Waals surface area (Å²) in [6.45, 7) is 0.543. The number of nitro groups is 1. The number of carbonyl (C=O) groups is 1. The van der Waals surface area contributed by atoms with E-state index in [9.17, 15) is 19.3 Å². The maximum absolute atomic E-state index is 13.7. The monoisotopic (exact) mass is 296 g/mol. The molecule has 0 atom stereocenters. The highest BCUT2D eigenvalue weighted by molar-refractivity contribution is 5.70. The number of nitrogens with one attached hydrogen (secondary N) is 1. The smallest absolute Gasteiger partial charge is 0.306 e. The first kappa shape index (κ1) is 15.2. The van der Waals surface area contributed by atoms with E-state index in [1.165, 1.54) is 12.1 Å². The number of non-ortho nitro benzene ring substituents is 1. The first-order chi connectivity index (χ1) is 9.97. The van der Waals surface area contributed by atoms with Gasteiger partial charge in [-0.1, -0.05) is 0 Å². The van der Waals surface area contributed by atoms with Gasteiger partial charge in [0.05, 0.1) is 22.6 Å². The molecule has 1 aliphatic rings. The first-order valence-corrected chi connectivity index (χ1v) is 6.88. The van der Waals surface area contributed by atoms with Crippen molar-refractivity contribution in [2.75, 3.05) is 11.9 Å². The van der Waals surface area contributed by atoms with Crippen LogP contribution in [0.25, 0.3) is 0 Å². The van der Waals surface area contributed by atoms with Crippen LogP contribution in [0.2, 0.25) is 0 Å². The van der Waals surface area contributed by atoms with E-state index in [0.717, 1.165) is 18.9 Å². The van der Waals surface area contributed by atoms with E-state index >= 15 is 0 Å². The molecule has 2 N–H and O–H groups in total. The number of hydrogen-bond donors (Lipinski definition) is 2. The molecule has 0 aromatic heterocycles. The predicted octanol–water partition coefficient (Wildman–Crippen LogP) is 3.04. The zero-order chi connectivity index (χ0) is 15.4. The molecule has 0 spiro atoms. The summed E-state index contributed by atoms with van der Waals surface area (Å²) >= 11 is 0. The molecule has 1 aliphatic carbocycles. The van der Waals surface area contributed by atoms with Gasteiger partial charge in [-0.25, -0.2) is 4.39 Å². The molecule has 0 unspecified atom stereocenters. The number of carboxylic acids is 1. The molecule has 114 valence electrons. The fourth-order valence-electron chi connectivity index (χ4n) is 2.63. The number of nitro benzene ring substituents is 1. The standard InChI is InChI=1S/C14H17FN2O4/c15-12-7-11(17(20)21)5-6-13(12)16-8-9-1-3-10(4-2-9)14(18)19/h5-7,9-10,16H,1-4,8H2,(H,18,19). The Morgan fingerprint density at radius 2 is 2.05 bits per heavy atom. The number of aliphatic carboxylic acids is 1. The summed E-state index contributed by atoms with van der Waals surface area (Å²) in [6, 6.07) is 3.51. The molecule has 1 aromatic rings. The van der Waals surface area contributed by atoms with Crippen molar-refractivity contribution in [2.24, 2.45) is 11.8 Å². The molecule has 21 heavy (non-hydrogen) atoms. The molecule has 0 aliphatic heterocycles. The highest BCUT2D eigenvalue weighted by atomic mass is 19.1. The second-order valence-electron chi connectivity index (χ2n) is 5.36. The Balaban J connectivity index is 1.87. The Labute approximate surface area is 121 Å². The highest BCUT2D eigenvalue weighted by Gasteiger charge is 2.25. The third-order valence-electron chi connectivity index (χ3n) is 3.94. The largest absolute Gasteiger partial charge is 0.481 e. The minimum absolute atomic E-state index is 0.237. The molecule has 6 nitrogen and oxygen atoms in total. The van der Waals surface area contributed by atoms with E-state index in [0.29, 0.717) is 25.3 Å². The summed E-state index contributed by atoms with van der Waals surface area (Å²) in [5.74, 6) is -1.36. The van der Waals surface area contributed by atoms with E-state index in [4.69, 9.17) is 5.11 Å². The fourth-order valence-corrected chi connectivity index (χ4v) is 2.63. The maximum Gasteiger partial charge on any atom is 0.306 e. The van der Waals surface area contributed by atoms with Gasteiger partial charge in [0.1, 0.15) is 0 Å². The first-order valence-electron chi connectivity index (χ1n) is 6.88. The van der Waals surface area contributed by atoms with Crippen LogP contribution in [0.4, 0.5) is 15.8 Å². The van der Waals surface area contributed by atoms with Crippen LogP contribution in [-0.2, 0) is 4.79 Å². The average Bonchev–Trinajstić information content (AvgIpc) is 2.46. The van der Waals surface area contributed by atoms with Gasteiger partial charge in [-0.3, -0.25) is 14.9 Å². The Morgan fingerprint density at radius 1 is 1.38 bits per heavy atom. The molecule has 1 saturated carbocycles. The molecular formula is C14H17FN2O4. The molecular weight excluding hydrogens is 279 g/mol. The van der Waals surface area contributed by atoms with Gasteiger partial charge in [0.2, 0.25) is 0 Å². The number of nitrogens with zero attached hydrogens (tertiary/aromatic N) is 1. The van der Waals surface area contributed by atoms with Crippen molar-refractivity contribution in [1.29, 1.82) is 0 Å². The van der Waals surface area contributed by atoms with E-state index < -0.39 is 16.7 Å². The van der Waals surface area contributed by atoms with Gasteiger partial charge < -0.3 is 10.4 Å². The number of anilines is 1. The van der Waals surface area contributed by atoms with E-state index in [1.807, 2.05) is 0 Å². The van der Waals surface area contributed by atoms with Crippen molar-refractivity contribution < 1.29 is 19.2 Å². The van der Waals surface area contributed by atoms with E-state index in [1.54, 1.807) is 0 Å². The minimum Gasteiger partial charge on any atom is -0.481 e. The topological polar surface area (TPSA) is 92.5 Å². The van der Waals surface area contributed by atoms with Crippen molar-refractivity contribution in [3.05, 3.63) is 34.1 Å². The Kier molecular flexibility index (Phi) is 4.72. The summed E-state index contributed by atoms with van der Waals surface area (Å²) in [5.41, 5.74) is -0.0408. The normalized spacial score (nSPS) is 21.8. The summed E-state index contributed by atoms with van der Waals surface area (Å²) in [5, 5.41) is 22.4. The van der Waals surface area contributed by atoms with Crippen molar-refractivity contribution in [3.8, 4) is 0 Å². The van der Waals surface area contributed by atoms with E-state index in [-0.39, 0.29) is 17.3 Å². The summed E-state index contributed by atoms with van der Waals surface area (Å²) < 4.78 is 13.7. The van der Waals surface area contributed by atoms with Gasteiger partial charge in [-0.15, -0.1) is 0 Å². The average molecular weight is 296 g/mol. The molecule has 7 heteroatoms. The molecule has 1 aromatic carbocycles. The molecule has 2 rings (SSSR count). The zero-order valence-electron chi connectivity index (χ0n) is 11.4. The Bertz CT molecular complexity index is 542. The van der Waals surface area contributed by atoms with Crippen LogP contribution in [0.3, 0.4) is 0 Å². The molecule has 0 heterocycles. The molecule has 0 saturated heterocycles. The minimum atomic E-state index is -0.747. The quantitative estimate of drug-likeness (QED) is 0.643. The third kappa shape index (κ3) is 3.90. The predicted molar refractivity (Wildman–Crippen MR) is 74.6 cm³/mol. The maximum atomic E-state index is 13.7. The van der Waals surface area contributed by atoms with Crippen molar-refractivity contribution in [2.45, 2.75) is 25.7 Å². The van der Waals surface area contributed by atoms with Crippen LogP contribution in [0.5, 0.6) is 0 Å². The number of carboxylic acid groups (broad SMARTS) is 1. The van der Waals surface area contributed by atoms with Gasteiger partial charge in [0.15, 0.2) is 5.82 Å². The van der Waals surface area contributed by atoms with Gasteiger partial charge in [0, 0.05) is 12.6 Å². The van der Waals surface area contributed by atoms with Crippen LogP contribution >= 0.6 is 0 Å². The lowest BCUT2D eigenvalue weighted by Gasteiger charge is -2.26. The second-order valence-corrected chi connectivity index (χ2v) is 5.36. The summed E-state index contributed by atoms with van der Waals surface area (Å²) in [6.07, 6.45) is 2.87. The fraction of sp³-hybridized carbons (Fsp3) is 0.500. The van der Waals surface area contributed by atoms with Gasteiger partial charge in [0.25, 0.3) is 5.69 Å². The van der Waals surface area contributed by atoms with Crippen LogP contribution in [-0.4, -0.2) is 22.5 Å². The van der Waals surface area contributed by atoms with Gasteiger partial charge in [-0.2, -0.15) is 0 Å². The Hall–Kier alpha value is -2.18. The SMILES string of the molecule is O=C(O)C1CCC(CNc2ccc([N+](=O)[O-])cc2F)CC1. The van der Waals surface area contributed by atoms with Gasteiger partial charge >= 0.3 is 5.97 Å². The number of hydrogen-bond acceptors (Lipinski definition) is 4. The number of rotatable bonds is 5. The molecule has 0 amide bonds. The third-order valence-corrected chi connectivity index (χ3v) is 3.94. The number of benzene rings is 1. The van der Waals surface area contributed by atoms with Crippen molar-refractivity contribution in [1.82, 2.24) is 0 Å². The lowest BCUT2D eigenvalue weighted by molar-refractivity contribution is -0.385. The second kappa shape index (κ2) is 6.51. The van der Waals surface area contributed by atoms with E-state index in [2.05, 4.69) is 5.32 Å². The van der Waals surface area contributed by atoms with Crippen LogP contribution in [0.15, 0.2) is 18.2 Å². The zero-order valence-corrected chi connectivity index (χ0v) is 11.4. The van der Waals surface area contributed by atoms with Crippen molar-refractivity contribution in [3.63, 3.8) is 0 Å². The molecule has 1 fully saturated rings. The summed E-state index contributed by atoms with van der Waals surface area (Å²) in [7, 11) is 0. The highest BCUT2D eigenvalue weighted by Crippen LogP contribution is 2.29.